The highest BCUT2D eigenvalue weighted by Gasteiger charge is 2.54. The van der Waals surface area contributed by atoms with Crippen LogP contribution in [0.1, 0.15) is 26.5 Å². The van der Waals surface area contributed by atoms with E-state index in [1.807, 2.05) is 28.8 Å². The van der Waals surface area contributed by atoms with E-state index in [1.54, 1.807) is 32.3 Å². The van der Waals surface area contributed by atoms with E-state index < -0.39 is 47.4 Å². The Labute approximate surface area is 264 Å². The third kappa shape index (κ3) is 6.39. The molecule has 5 heterocycles. The van der Waals surface area contributed by atoms with E-state index in [9.17, 15) is 19.2 Å². The third-order valence-electron chi connectivity index (χ3n) is 6.47. The van der Waals surface area contributed by atoms with Crippen LogP contribution in [0.4, 0.5) is 5.13 Å². The highest BCUT2D eigenvalue weighted by molar-refractivity contribution is 8.01. The first kappa shape index (κ1) is 31.3. The molecule has 3 N–H and O–H groups in total. The van der Waals surface area contributed by atoms with Gasteiger partial charge in [0.15, 0.2) is 10.8 Å². The minimum absolute atomic E-state index is 0.0550. The van der Waals surface area contributed by atoms with Gasteiger partial charge in [-0.2, -0.15) is 0 Å². The van der Waals surface area contributed by atoms with Crippen molar-refractivity contribution in [2.45, 2.75) is 37.2 Å². The number of imidazole rings is 1. The summed E-state index contributed by atoms with van der Waals surface area (Å²) >= 11 is 3.99. The Kier molecular flexibility index (Phi) is 9.17. The van der Waals surface area contributed by atoms with E-state index in [0.717, 1.165) is 22.0 Å². The summed E-state index contributed by atoms with van der Waals surface area (Å²) in [7, 11) is 1.28. The predicted molar refractivity (Wildman–Crippen MR) is 165 cm³/mol. The number of carbonyl (C=O) groups is 4. The minimum atomic E-state index is -0.957. The molecule has 3 aromatic rings. The average molecular weight is 660 g/mol. The smallest absolute Gasteiger partial charge is 0.357 e. The molecule has 5 rings (SSSR count). The molecule has 1 saturated heterocycles. The van der Waals surface area contributed by atoms with Gasteiger partial charge < -0.3 is 25.4 Å². The minimum Gasteiger partial charge on any atom is -0.427 e. The molecule has 2 amide bonds. The Hall–Kier alpha value is -4.09. The van der Waals surface area contributed by atoms with E-state index in [2.05, 4.69) is 20.4 Å². The monoisotopic (exact) mass is 659 g/mol. The Morgan fingerprint density at radius 1 is 1.25 bits per heavy atom. The summed E-state index contributed by atoms with van der Waals surface area (Å²) in [4.78, 5) is 66.7. The van der Waals surface area contributed by atoms with Gasteiger partial charge in [0.1, 0.15) is 35.6 Å². The van der Waals surface area contributed by atoms with Crippen molar-refractivity contribution in [1.29, 1.82) is 0 Å². The van der Waals surface area contributed by atoms with Crippen LogP contribution in [0.5, 0.6) is 0 Å². The van der Waals surface area contributed by atoms with Gasteiger partial charge in [-0.1, -0.05) is 11.2 Å². The number of carbonyl (C=O) groups excluding carboxylic acids is 4. The maximum atomic E-state index is 13.5. The van der Waals surface area contributed by atoms with Crippen LogP contribution in [0.15, 0.2) is 57.4 Å². The number of anilines is 1. The van der Waals surface area contributed by atoms with Gasteiger partial charge in [-0.15, -0.1) is 34.9 Å². The molecule has 2 aliphatic heterocycles. The highest BCUT2D eigenvalue weighted by Crippen LogP contribution is 2.42. The van der Waals surface area contributed by atoms with Crippen LogP contribution in [0.2, 0.25) is 0 Å². The van der Waals surface area contributed by atoms with Gasteiger partial charge in [0.2, 0.25) is 6.79 Å². The van der Waals surface area contributed by atoms with Gasteiger partial charge in [0.05, 0.1) is 10.4 Å². The van der Waals surface area contributed by atoms with E-state index in [1.165, 1.54) is 35.5 Å². The number of thioether (sulfide) groups is 2. The molecule has 0 bridgehead atoms. The van der Waals surface area contributed by atoms with Crippen LogP contribution in [0.25, 0.3) is 5.65 Å². The summed E-state index contributed by atoms with van der Waals surface area (Å²) in [5.74, 6) is -1.82. The quantitative estimate of drug-likeness (QED) is 0.0811. The van der Waals surface area contributed by atoms with Gasteiger partial charge in [0, 0.05) is 29.3 Å². The topological polar surface area (TPSA) is 180 Å². The van der Waals surface area contributed by atoms with E-state index >= 15 is 0 Å². The zero-order valence-electron chi connectivity index (χ0n) is 24.1. The number of fused-ring (bicyclic) bond motifs is 2. The van der Waals surface area contributed by atoms with Crippen molar-refractivity contribution in [3.8, 4) is 0 Å². The number of aromatic nitrogens is 3. The Morgan fingerprint density at radius 3 is 2.75 bits per heavy atom. The lowest BCUT2D eigenvalue weighted by molar-refractivity contribution is -0.173. The Bertz CT molecular complexity index is 1680. The largest absolute Gasteiger partial charge is 0.427 e. The van der Waals surface area contributed by atoms with Crippen LogP contribution in [0.3, 0.4) is 0 Å². The first-order valence-electron chi connectivity index (χ1n) is 13.2. The summed E-state index contributed by atoms with van der Waals surface area (Å²) in [6, 6.07) is 4.74. The number of pyridine rings is 1. The predicted octanol–water partition coefficient (Wildman–Crippen LogP) is 2.26. The molecule has 17 heteroatoms. The van der Waals surface area contributed by atoms with Crippen LogP contribution < -0.4 is 11.1 Å². The second-order valence-electron chi connectivity index (χ2n) is 10.5. The second kappa shape index (κ2) is 12.9. The Morgan fingerprint density at radius 2 is 2.05 bits per heavy atom. The van der Waals surface area contributed by atoms with E-state index in [4.69, 9.17) is 20.0 Å². The number of hydrogen-bond acceptors (Lipinski definition) is 14. The maximum absolute atomic E-state index is 13.5. The molecule has 0 spiro atoms. The number of β-lactam (4-membered cyclic amide) rings is 1. The second-order valence-corrected chi connectivity index (χ2v) is 13.5. The first-order valence-corrected chi connectivity index (χ1v) is 16.1. The van der Waals surface area contributed by atoms with Crippen molar-refractivity contribution in [3.63, 3.8) is 0 Å². The number of nitrogen functional groups attached to an aromatic ring is 1. The fraction of sp³-hybridized carbons (Fsp3) is 0.370. The van der Waals surface area contributed by atoms with E-state index in [-0.39, 0.29) is 22.2 Å². The molecule has 0 saturated carbocycles. The van der Waals surface area contributed by atoms with Gasteiger partial charge >= 0.3 is 11.9 Å². The molecule has 44 heavy (non-hydrogen) atoms. The normalized spacial score (nSPS) is 18.5. The fourth-order valence-electron chi connectivity index (χ4n) is 4.31. The van der Waals surface area contributed by atoms with Gasteiger partial charge in [-0.05, 0) is 38.5 Å². The number of ether oxygens (including phenoxy) is 2. The summed E-state index contributed by atoms with van der Waals surface area (Å²) in [6.45, 7) is 4.43. The summed E-state index contributed by atoms with van der Waals surface area (Å²) in [6.07, 6.45) is 3.53. The van der Waals surface area contributed by atoms with Crippen LogP contribution in [-0.4, -0.2) is 85.6 Å². The van der Waals surface area contributed by atoms with Crippen molar-refractivity contribution in [1.82, 2.24) is 24.6 Å². The number of thiazole rings is 1. The Balaban J connectivity index is 1.36. The van der Waals surface area contributed by atoms with Crippen molar-refractivity contribution in [2.75, 3.05) is 31.1 Å². The van der Waals surface area contributed by atoms with Crippen molar-refractivity contribution < 1.29 is 33.5 Å². The number of rotatable bonds is 10. The van der Waals surface area contributed by atoms with Gasteiger partial charge in [0.25, 0.3) is 11.8 Å². The zero-order valence-corrected chi connectivity index (χ0v) is 26.6. The molecule has 2 aliphatic rings. The molecule has 2 atom stereocenters. The molecule has 0 radical (unpaired) electrons. The molecule has 1 fully saturated rings. The fourth-order valence-corrected chi connectivity index (χ4v) is 7.36. The third-order valence-corrected chi connectivity index (χ3v) is 9.60. The highest BCUT2D eigenvalue weighted by atomic mass is 32.2. The van der Waals surface area contributed by atoms with Gasteiger partial charge in [-0.25, -0.2) is 14.8 Å². The lowest BCUT2D eigenvalue weighted by Gasteiger charge is -2.49. The number of amides is 2. The lowest BCUT2D eigenvalue weighted by Crippen LogP contribution is -2.71. The van der Waals surface area contributed by atoms with Crippen molar-refractivity contribution in [3.05, 3.63) is 52.9 Å². The molecule has 0 unspecified atom stereocenters. The van der Waals surface area contributed by atoms with Gasteiger partial charge in [-0.3, -0.25) is 23.7 Å². The molecule has 232 valence electrons. The zero-order chi connectivity index (χ0) is 31.6. The summed E-state index contributed by atoms with van der Waals surface area (Å²) in [5.41, 5.74) is 6.45. The van der Waals surface area contributed by atoms with Crippen LogP contribution in [0, 0.1) is 5.41 Å². The van der Waals surface area contributed by atoms with Crippen molar-refractivity contribution >= 4 is 75.1 Å². The SMILES string of the molecule is CO/N=C(\C(=O)N[C@@H]1C(=O)N2C(C(=O)OCOC(=O)C(C)(C)C)=C(CSc3cccc4nccn34)CS[C@@H]12)c1csc(N)n1. The molecule has 0 aromatic carbocycles. The maximum Gasteiger partial charge on any atom is 0.357 e. The molecule has 0 aliphatic carbocycles. The molecular weight excluding hydrogens is 631 g/mol. The standard InChI is InChI=1S/C27H29N7O7S3/c1-27(2,3)25(38)41-13-40-24(37)20-14(10-42-17-7-5-6-16-29-8-9-33(16)17)11-43-23-19(22(36)34(20)23)31-21(35)18(32-39-4)15-12-44-26(28)30-15/h5-9,12,19,23H,10-11,13H2,1-4H3,(H2,28,30)(H,31,35)/b32-18-/t19-,23+/m1/s1. The molecule has 3 aromatic heterocycles. The molecular formula is C27H29N7O7S3. The number of nitrogens with one attached hydrogen (secondary N) is 1. The van der Waals surface area contributed by atoms with Crippen molar-refractivity contribution in [2.24, 2.45) is 10.6 Å². The van der Waals surface area contributed by atoms with Crippen LogP contribution >= 0.6 is 34.9 Å². The van der Waals surface area contributed by atoms with Crippen LogP contribution in [-0.2, 0) is 33.5 Å². The summed E-state index contributed by atoms with van der Waals surface area (Å²) in [5, 5.41) is 8.53. The number of nitrogens with two attached hydrogens (primary N) is 1. The number of hydrogen-bond donors (Lipinski definition) is 2. The number of oxime groups is 1. The molecule has 14 nitrogen and oxygen atoms in total. The van der Waals surface area contributed by atoms with E-state index in [0.29, 0.717) is 17.1 Å². The summed E-state index contributed by atoms with van der Waals surface area (Å²) < 4.78 is 12.4. The number of esters is 2. The average Bonchev–Trinajstić information content (AvgIpc) is 3.65. The number of nitrogens with zero attached hydrogens (tertiary/aromatic N) is 5. The first-order chi connectivity index (χ1) is 21.0. The lowest BCUT2D eigenvalue weighted by atomic mass is 9.98.